The number of ether oxygens (including phenoxy) is 3. The summed E-state index contributed by atoms with van der Waals surface area (Å²) in [5.41, 5.74) is 1.09. The highest BCUT2D eigenvalue weighted by atomic mass is 16.7. The van der Waals surface area contributed by atoms with Crippen LogP contribution in [-0.2, 0) is 0 Å². The third-order valence-corrected chi connectivity index (χ3v) is 4.11. The molecule has 6 heteroatoms. The molecule has 0 saturated heterocycles. The quantitative estimate of drug-likeness (QED) is 0.745. The molecule has 0 spiro atoms. The first-order valence-corrected chi connectivity index (χ1v) is 8.75. The Balaban J connectivity index is 1.43. The lowest BCUT2D eigenvalue weighted by Crippen LogP contribution is -2.41. The van der Waals surface area contributed by atoms with Gasteiger partial charge < -0.3 is 24.8 Å². The average molecular weight is 356 g/mol. The van der Waals surface area contributed by atoms with E-state index in [0.29, 0.717) is 24.7 Å². The number of benzene rings is 2. The summed E-state index contributed by atoms with van der Waals surface area (Å²) in [6.45, 7) is 5.17. The van der Waals surface area contributed by atoms with Gasteiger partial charge in [-0.2, -0.15) is 0 Å². The van der Waals surface area contributed by atoms with Crippen LogP contribution in [0.4, 0.5) is 4.79 Å². The Hall–Kier alpha value is -2.89. The molecule has 138 valence electrons. The van der Waals surface area contributed by atoms with Crippen molar-refractivity contribution in [3.63, 3.8) is 0 Å². The molecule has 0 aliphatic carbocycles. The molecular formula is C20H24N2O4. The van der Waals surface area contributed by atoms with Crippen molar-refractivity contribution in [3.8, 4) is 17.2 Å². The lowest BCUT2D eigenvalue weighted by molar-refractivity contribution is 0.173. The summed E-state index contributed by atoms with van der Waals surface area (Å²) in [4.78, 5) is 12.2. The van der Waals surface area contributed by atoms with Gasteiger partial charge in [0.1, 0.15) is 12.4 Å². The molecule has 1 aliphatic heterocycles. The molecule has 1 unspecified atom stereocenters. The number of amides is 2. The van der Waals surface area contributed by atoms with Crippen molar-refractivity contribution in [1.29, 1.82) is 0 Å². The number of hydrogen-bond donors (Lipinski definition) is 2. The topological polar surface area (TPSA) is 68.8 Å². The molecule has 26 heavy (non-hydrogen) atoms. The Morgan fingerprint density at radius 2 is 1.88 bits per heavy atom. The Kier molecular flexibility index (Phi) is 5.84. The van der Waals surface area contributed by atoms with Crippen LogP contribution in [0.3, 0.4) is 0 Å². The van der Waals surface area contributed by atoms with Gasteiger partial charge in [0, 0.05) is 6.07 Å². The second-order valence-corrected chi connectivity index (χ2v) is 6.40. The summed E-state index contributed by atoms with van der Waals surface area (Å²) in [6, 6.07) is 15.1. The third kappa shape index (κ3) is 4.59. The first-order valence-electron chi connectivity index (χ1n) is 8.75. The minimum absolute atomic E-state index is 0.0361. The number of carbonyl (C=O) groups is 1. The highest BCUT2D eigenvalue weighted by molar-refractivity contribution is 5.74. The summed E-state index contributed by atoms with van der Waals surface area (Å²) >= 11 is 0. The Bertz CT molecular complexity index is 734. The largest absolute Gasteiger partial charge is 0.492 e. The number of nitrogens with one attached hydrogen (secondary N) is 2. The molecule has 2 aromatic rings. The molecule has 1 heterocycles. The van der Waals surface area contributed by atoms with Crippen LogP contribution in [0.15, 0.2) is 48.5 Å². The Morgan fingerprint density at radius 3 is 2.65 bits per heavy atom. The maximum Gasteiger partial charge on any atom is 0.315 e. The van der Waals surface area contributed by atoms with Crippen molar-refractivity contribution in [2.75, 3.05) is 19.9 Å². The molecule has 1 aliphatic rings. The molecule has 0 bridgehead atoms. The van der Waals surface area contributed by atoms with E-state index in [1.807, 2.05) is 42.5 Å². The van der Waals surface area contributed by atoms with E-state index in [1.165, 1.54) is 0 Å². The highest BCUT2D eigenvalue weighted by Gasteiger charge is 2.18. The molecule has 2 aromatic carbocycles. The molecular weight excluding hydrogens is 332 g/mol. The molecule has 0 saturated carbocycles. The van der Waals surface area contributed by atoms with Crippen LogP contribution in [0.5, 0.6) is 17.2 Å². The van der Waals surface area contributed by atoms with Gasteiger partial charge in [-0.15, -0.1) is 0 Å². The van der Waals surface area contributed by atoms with Crippen LogP contribution in [0.25, 0.3) is 0 Å². The van der Waals surface area contributed by atoms with Crippen LogP contribution >= 0.6 is 0 Å². The first kappa shape index (κ1) is 17.9. The lowest BCUT2D eigenvalue weighted by Gasteiger charge is -2.23. The van der Waals surface area contributed by atoms with Crippen molar-refractivity contribution in [2.24, 2.45) is 5.92 Å². The number of fused-ring (bicyclic) bond motifs is 1. The Labute approximate surface area is 153 Å². The fourth-order valence-electron chi connectivity index (χ4n) is 2.79. The number of urea groups is 1. The predicted molar refractivity (Wildman–Crippen MR) is 98.6 cm³/mol. The van der Waals surface area contributed by atoms with Crippen LogP contribution in [0, 0.1) is 5.92 Å². The van der Waals surface area contributed by atoms with Crippen LogP contribution < -0.4 is 24.8 Å². The monoisotopic (exact) mass is 356 g/mol. The zero-order valence-corrected chi connectivity index (χ0v) is 15.0. The van der Waals surface area contributed by atoms with Gasteiger partial charge in [0.2, 0.25) is 6.79 Å². The molecule has 0 fully saturated rings. The van der Waals surface area contributed by atoms with E-state index in [0.717, 1.165) is 11.3 Å². The van der Waals surface area contributed by atoms with Crippen LogP contribution in [0.1, 0.15) is 25.5 Å². The third-order valence-electron chi connectivity index (χ3n) is 4.11. The zero-order chi connectivity index (χ0) is 18.4. The average Bonchev–Trinajstić information content (AvgIpc) is 3.11. The molecule has 0 aromatic heterocycles. The zero-order valence-electron chi connectivity index (χ0n) is 15.0. The van der Waals surface area contributed by atoms with E-state index >= 15 is 0 Å². The van der Waals surface area contributed by atoms with Gasteiger partial charge in [0.05, 0.1) is 12.6 Å². The molecule has 6 nitrogen and oxygen atoms in total. The SMILES string of the molecule is CC(C)C(NC(=O)NCCOc1ccc2c(c1)OCO2)c1ccccc1. The van der Waals surface area contributed by atoms with Gasteiger partial charge in [-0.1, -0.05) is 44.2 Å². The van der Waals surface area contributed by atoms with Crippen molar-refractivity contribution >= 4 is 6.03 Å². The minimum Gasteiger partial charge on any atom is -0.492 e. The van der Waals surface area contributed by atoms with Crippen LogP contribution in [-0.4, -0.2) is 26.0 Å². The maximum atomic E-state index is 12.2. The molecule has 3 rings (SSSR count). The number of rotatable bonds is 7. The second-order valence-electron chi connectivity index (χ2n) is 6.40. The second kappa shape index (κ2) is 8.47. The minimum atomic E-state index is -0.207. The highest BCUT2D eigenvalue weighted by Crippen LogP contribution is 2.34. The molecule has 0 radical (unpaired) electrons. The smallest absolute Gasteiger partial charge is 0.315 e. The van der Waals surface area contributed by atoms with Crippen LogP contribution in [0.2, 0.25) is 0 Å². The first-order chi connectivity index (χ1) is 12.6. The van der Waals surface area contributed by atoms with Gasteiger partial charge in [-0.25, -0.2) is 4.79 Å². The number of hydrogen-bond acceptors (Lipinski definition) is 4. The van der Waals surface area contributed by atoms with E-state index < -0.39 is 0 Å². The summed E-state index contributed by atoms with van der Waals surface area (Å²) in [7, 11) is 0. The Morgan fingerprint density at radius 1 is 1.12 bits per heavy atom. The van der Waals surface area contributed by atoms with Gasteiger partial charge in [0.25, 0.3) is 0 Å². The van der Waals surface area contributed by atoms with Gasteiger partial charge in [-0.3, -0.25) is 0 Å². The van der Waals surface area contributed by atoms with Gasteiger partial charge in [0.15, 0.2) is 11.5 Å². The number of carbonyl (C=O) groups excluding carboxylic acids is 1. The predicted octanol–water partition coefficient (Wildman–Crippen LogP) is 3.49. The van der Waals surface area contributed by atoms with Crippen molar-refractivity contribution < 1.29 is 19.0 Å². The van der Waals surface area contributed by atoms with Gasteiger partial charge in [-0.05, 0) is 23.6 Å². The fraction of sp³-hybridized carbons (Fsp3) is 0.350. The summed E-state index contributed by atoms with van der Waals surface area (Å²) in [5.74, 6) is 2.36. The van der Waals surface area contributed by atoms with E-state index in [1.54, 1.807) is 6.07 Å². The van der Waals surface area contributed by atoms with Crippen molar-refractivity contribution in [2.45, 2.75) is 19.9 Å². The normalized spacial score (nSPS) is 13.3. The summed E-state index contributed by atoms with van der Waals surface area (Å²) in [6.07, 6.45) is 0. The summed E-state index contributed by atoms with van der Waals surface area (Å²) < 4.78 is 16.2. The van der Waals surface area contributed by atoms with Crippen molar-refractivity contribution in [3.05, 3.63) is 54.1 Å². The van der Waals surface area contributed by atoms with Crippen molar-refractivity contribution in [1.82, 2.24) is 10.6 Å². The molecule has 2 amide bonds. The van der Waals surface area contributed by atoms with E-state index in [4.69, 9.17) is 14.2 Å². The summed E-state index contributed by atoms with van der Waals surface area (Å²) in [5, 5.41) is 5.85. The maximum absolute atomic E-state index is 12.2. The van der Waals surface area contributed by atoms with Gasteiger partial charge >= 0.3 is 6.03 Å². The van der Waals surface area contributed by atoms with E-state index in [2.05, 4.69) is 24.5 Å². The van der Waals surface area contributed by atoms with E-state index in [-0.39, 0.29) is 24.8 Å². The molecule has 1 atom stereocenters. The van der Waals surface area contributed by atoms with E-state index in [9.17, 15) is 4.79 Å². The molecule has 2 N–H and O–H groups in total. The lowest BCUT2D eigenvalue weighted by atomic mass is 9.96. The fourth-order valence-corrected chi connectivity index (χ4v) is 2.79. The standard InChI is InChI=1S/C20H24N2O4/c1-14(2)19(15-6-4-3-5-7-15)22-20(23)21-10-11-24-16-8-9-17-18(12-16)26-13-25-17/h3-9,12,14,19H,10-11,13H2,1-2H3,(H2,21,22,23).